The van der Waals surface area contributed by atoms with Gasteiger partial charge in [-0.15, -0.1) is 11.3 Å². The lowest BCUT2D eigenvalue weighted by Gasteiger charge is -2.23. The number of carbonyl (C=O) groups excluding carboxylic acids is 1. The summed E-state index contributed by atoms with van der Waals surface area (Å²) in [6.07, 6.45) is -3.46. The van der Waals surface area contributed by atoms with E-state index in [0.29, 0.717) is 12.8 Å². The largest absolute Gasteiger partial charge is 0.418 e. The molecule has 1 amide bonds. The molecule has 29 heavy (non-hydrogen) atoms. The molecule has 3 rings (SSSR count). The minimum absolute atomic E-state index is 0.118. The van der Waals surface area contributed by atoms with Gasteiger partial charge in [0.15, 0.2) is 5.13 Å². The molecule has 1 aromatic carbocycles. The monoisotopic (exact) mass is 511 g/mol. The van der Waals surface area contributed by atoms with Crippen molar-refractivity contribution in [2.75, 3.05) is 10.0 Å². The number of rotatable bonds is 6. The van der Waals surface area contributed by atoms with E-state index < -0.39 is 38.3 Å². The summed E-state index contributed by atoms with van der Waals surface area (Å²) in [6.45, 7) is 3.01. The highest BCUT2D eigenvalue weighted by Crippen LogP contribution is 2.38. The van der Waals surface area contributed by atoms with E-state index >= 15 is 0 Å². The number of anilines is 2. The summed E-state index contributed by atoms with van der Waals surface area (Å²) in [7, 11) is -3.50. The molecule has 158 valence electrons. The lowest BCUT2D eigenvalue weighted by molar-refractivity contribution is -0.137. The van der Waals surface area contributed by atoms with Crippen molar-refractivity contribution < 1.29 is 26.4 Å². The average Bonchev–Trinajstić information content (AvgIpc) is 3.36. The van der Waals surface area contributed by atoms with Crippen LogP contribution in [0.5, 0.6) is 0 Å². The highest BCUT2D eigenvalue weighted by Gasteiger charge is 2.39. The van der Waals surface area contributed by atoms with E-state index in [-0.39, 0.29) is 21.0 Å². The molecular weight excluding hydrogens is 495 g/mol. The van der Waals surface area contributed by atoms with Gasteiger partial charge in [-0.25, -0.2) is 13.4 Å². The molecule has 0 radical (unpaired) electrons. The summed E-state index contributed by atoms with van der Waals surface area (Å²) in [5.74, 6) is -0.702. The first kappa shape index (κ1) is 22.0. The molecule has 0 spiro atoms. The smallest absolute Gasteiger partial charge is 0.325 e. The van der Waals surface area contributed by atoms with Crippen LogP contribution in [0.3, 0.4) is 0 Å². The van der Waals surface area contributed by atoms with Crippen LogP contribution in [0.4, 0.5) is 24.0 Å². The van der Waals surface area contributed by atoms with E-state index in [4.69, 9.17) is 0 Å². The molecule has 0 atom stereocenters. The fraction of sp³-hybridized carbons (Fsp3) is 0.412. The molecule has 1 aliphatic carbocycles. The first-order valence-electron chi connectivity index (χ1n) is 8.46. The van der Waals surface area contributed by atoms with E-state index in [0.717, 1.165) is 23.5 Å². The Morgan fingerprint density at radius 2 is 1.93 bits per heavy atom. The molecule has 2 N–H and O–H groups in total. The minimum atomic E-state index is -4.65. The summed E-state index contributed by atoms with van der Waals surface area (Å²) in [6, 6.07) is 3.44. The quantitative estimate of drug-likeness (QED) is 0.585. The van der Waals surface area contributed by atoms with Crippen molar-refractivity contribution in [3.8, 4) is 0 Å². The van der Waals surface area contributed by atoms with Gasteiger partial charge in [0.1, 0.15) is 0 Å². The van der Waals surface area contributed by atoms with Crippen molar-refractivity contribution in [1.82, 2.24) is 4.98 Å². The molecule has 12 heteroatoms. The van der Waals surface area contributed by atoms with Gasteiger partial charge in [-0.3, -0.25) is 9.52 Å². The van der Waals surface area contributed by atoms with Gasteiger partial charge in [-0.05, 0) is 44.9 Å². The van der Waals surface area contributed by atoms with Gasteiger partial charge in [-0.1, -0.05) is 15.9 Å². The summed E-state index contributed by atoms with van der Waals surface area (Å²) >= 11 is 4.01. The van der Waals surface area contributed by atoms with Crippen LogP contribution >= 0.6 is 27.3 Å². The van der Waals surface area contributed by atoms with Gasteiger partial charge >= 0.3 is 6.18 Å². The molecule has 1 fully saturated rings. The Hall–Kier alpha value is -1.66. The average molecular weight is 512 g/mol. The number of carbonyl (C=O) groups is 1. The first-order valence-corrected chi connectivity index (χ1v) is 11.7. The molecule has 0 bridgehead atoms. The SMILES string of the molecule is CC(C)(C(=O)Nc1ccc(Br)cc1C(F)(F)F)c1csc(NS(=O)(=O)C2CC2)n1. The number of nitrogens with one attached hydrogen (secondary N) is 2. The third-order valence-electron chi connectivity index (χ3n) is 4.44. The fourth-order valence-corrected chi connectivity index (χ4v) is 5.28. The van der Waals surface area contributed by atoms with Crippen LogP contribution in [0.25, 0.3) is 0 Å². The zero-order valence-corrected chi connectivity index (χ0v) is 18.5. The molecule has 1 saturated carbocycles. The summed E-state index contributed by atoms with van der Waals surface area (Å²) in [5, 5.41) is 3.52. The van der Waals surface area contributed by atoms with Gasteiger partial charge < -0.3 is 5.32 Å². The number of halogens is 4. The molecule has 1 aliphatic rings. The highest BCUT2D eigenvalue weighted by molar-refractivity contribution is 9.10. The second-order valence-electron chi connectivity index (χ2n) is 7.15. The number of hydrogen-bond acceptors (Lipinski definition) is 5. The van der Waals surface area contributed by atoms with Crippen molar-refractivity contribution in [1.29, 1.82) is 0 Å². The molecular formula is C17H17BrF3N3O3S2. The Kier molecular flexibility index (Phi) is 5.73. The minimum Gasteiger partial charge on any atom is -0.325 e. The van der Waals surface area contributed by atoms with Gasteiger partial charge in [-0.2, -0.15) is 13.2 Å². The topological polar surface area (TPSA) is 88.2 Å². The van der Waals surface area contributed by atoms with Crippen LogP contribution in [0.15, 0.2) is 28.1 Å². The van der Waals surface area contributed by atoms with Crippen molar-refractivity contribution >= 4 is 54.0 Å². The molecule has 0 aliphatic heterocycles. The van der Waals surface area contributed by atoms with Crippen molar-refractivity contribution in [3.05, 3.63) is 39.3 Å². The second-order valence-corrected chi connectivity index (χ2v) is 10.9. The second kappa shape index (κ2) is 7.55. The Morgan fingerprint density at radius 1 is 1.28 bits per heavy atom. The number of amides is 1. The van der Waals surface area contributed by atoms with Crippen LogP contribution in [-0.2, 0) is 26.4 Å². The summed E-state index contributed by atoms with van der Waals surface area (Å²) in [4.78, 5) is 16.9. The number of thiazole rings is 1. The Balaban J connectivity index is 1.81. The summed E-state index contributed by atoms with van der Waals surface area (Å²) in [5.41, 5.74) is -2.40. The molecule has 0 saturated heterocycles. The predicted molar refractivity (Wildman–Crippen MR) is 108 cm³/mol. The van der Waals surface area contributed by atoms with Gasteiger partial charge in [0.05, 0.1) is 27.6 Å². The Bertz CT molecular complexity index is 1050. The summed E-state index contributed by atoms with van der Waals surface area (Å²) < 4.78 is 66.5. The van der Waals surface area contributed by atoms with E-state index in [2.05, 4.69) is 31.0 Å². The third kappa shape index (κ3) is 4.92. The van der Waals surface area contributed by atoms with Crippen molar-refractivity contribution in [2.24, 2.45) is 0 Å². The maximum atomic E-state index is 13.3. The number of hydrogen-bond donors (Lipinski definition) is 2. The number of alkyl halides is 3. The highest BCUT2D eigenvalue weighted by atomic mass is 79.9. The molecule has 2 aromatic rings. The van der Waals surface area contributed by atoms with E-state index in [1.807, 2.05) is 0 Å². The predicted octanol–water partition coefficient (Wildman–Crippen LogP) is 4.74. The van der Waals surface area contributed by atoms with Gasteiger partial charge in [0.2, 0.25) is 15.9 Å². The van der Waals surface area contributed by atoms with E-state index in [1.54, 1.807) is 0 Å². The fourth-order valence-electron chi connectivity index (χ4n) is 2.45. The number of aromatic nitrogens is 1. The molecule has 1 heterocycles. The van der Waals surface area contributed by atoms with E-state index in [1.165, 1.54) is 25.3 Å². The molecule has 1 aromatic heterocycles. The number of nitrogens with zero attached hydrogens (tertiary/aromatic N) is 1. The van der Waals surface area contributed by atoms with Crippen LogP contribution in [0, 0.1) is 0 Å². The van der Waals surface area contributed by atoms with Crippen molar-refractivity contribution in [3.63, 3.8) is 0 Å². The maximum Gasteiger partial charge on any atom is 0.418 e. The van der Waals surface area contributed by atoms with Crippen molar-refractivity contribution in [2.45, 2.75) is 43.5 Å². The standard InChI is InChI=1S/C17H17BrF3N3O3S2/c1-16(2,13-8-28-15(23-13)24-29(26,27)10-4-5-10)14(25)22-12-6-3-9(18)7-11(12)17(19,20)21/h3,6-8,10H,4-5H2,1-2H3,(H,22,25)(H,23,24). The maximum absolute atomic E-state index is 13.3. The van der Waals surface area contributed by atoms with Gasteiger partial charge in [0.25, 0.3) is 0 Å². The third-order valence-corrected chi connectivity index (χ3v) is 7.65. The zero-order valence-electron chi connectivity index (χ0n) is 15.3. The number of sulfonamides is 1. The molecule has 0 unspecified atom stereocenters. The first-order chi connectivity index (χ1) is 13.3. The van der Waals surface area contributed by atoms with Crippen LogP contribution < -0.4 is 10.0 Å². The lowest BCUT2D eigenvalue weighted by Crippen LogP contribution is -2.35. The Labute approximate surface area is 178 Å². The van der Waals surface area contributed by atoms with Crippen LogP contribution in [-0.4, -0.2) is 24.6 Å². The Morgan fingerprint density at radius 3 is 2.52 bits per heavy atom. The van der Waals surface area contributed by atoms with Crippen LogP contribution in [0.2, 0.25) is 0 Å². The van der Waals surface area contributed by atoms with Crippen LogP contribution in [0.1, 0.15) is 37.9 Å². The zero-order chi connectivity index (χ0) is 21.6. The van der Waals surface area contributed by atoms with Gasteiger partial charge in [0, 0.05) is 9.85 Å². The normalized spacial score (nSPS) is 15.2. The lowest BCUT2D eigenvalue weighted by atomic mass is 9.89. The van der Waals surface area contributed by atoms with E-state index in [9.17, 15) is 26.4 Å². The molecule has 6 nitrogen and oxygen atoms in total. The number of benzene rings is 1.